The van der Waals surface area contributed by atoms with E-state index in [0.29, 0.717) is 31.2 Å². The number of Topliss-reactive ketones (excluding diaryl/α,β-unsaturated/α-hetero) is 2. The van der Waals surface area contributed by atoms with Crippen LogP contribution in [0.1, 0.15) is 44.1 Å². The third kappa shape index (κ3) is 5.02. The second-order valence-corrected chi connectivity index (χ2v) is 12.4. The van der Waals surface area contributed by atoms with Crippen LogP contribution in [-0.4, -0.2) is 21.4 Å². The van der Waals surface area contributed by atoms with E-state index >= 15 is 0 Å². The lowest BCUT2D eigenvalue weighted by Gasteiger charge is -2.18. The minimum atomic E-state index is -1.43. The van der Waals surface area contributed by atoms with Gasteiger partial charge in [-0.3, -0.25) is 9.59 Å². The predicted molar refractivity (Wildman–Crippen MR) is 155 cm³/mol. The number of carbonyl (C=O) groups is 2. The van der Waals surface area contributed by atoms with Gasteiger partial charge < -0.3 is 9.47 Å². The van der Waals surface area contributed by atoms with Crippen molar-refractivity contribution in [2.45, 2.75) is 22.1 Å². The van der Waals surface area contributed by atoms with Crippen molar-refractivity contribution < 1.29 is 19.1 Å². The summed E-state index contributed by atoms with van der Waals surface area (Å²) in [4.78, 5) is 25.3. The Morgan fingerprint density at radius 1 is 0.513 bits per heavy atom. The molecule has 6 rings (SSSR count). The molecule has 9 heteroatoms. The van der Waals surface area contributed by atoms with E-state index in [4.69, 9.17) is 55.9 Å². The van der Waals surface area contributed by atoms with Gasteiger partial charge in [0.25, 0.3) is 0 Å². The Labute approximate surface area is 249 Å². The van der Waals surface area contributed by atoms with Crippen LogP contribution in [0.2, 0.25) is 20.1 Å². The molecule has 4 aromatic carbocycles. The molecule has 4 aromatic rings. The summed E-state index contributed by atoms with van der Waals surface area (Å²) in [5, 5.41) is 2.12. The number of halogens is 4. The Morgan fingerprint density at radius 3 is 1.10 bits per heavy atom. The first-order valence-corrected chi connectivity index (χ1v) is 14.2. The zero-order valence-electron chi connectivity index (χ0n) is 19.9. The summed E-state index contributed by atoms with van der Waals surface area (Å²) in [5.41, 5.74) is 2.32. The van der Waals surface area contributed by atoms with Gasteiger partial charge in [-0.05, 0) is 83.9 Å². The summed E-state index contributed by atoms with van der Waals surface area (Å²) in [7, 11) is 0. The zero-order chi connectivity index (χ0) is 27.4. The van der Waals surface area contributed by atoms with E-state index in [1.54, 1.807) is 72.8 Å². The topological polar surface area (TPSA) is 59.2 Å². The highest BCUT2D eigenvalue weighted by Crippen LogP contribution is 2.70. The minimum absolute atomic E-state index is 0.294. The quantitative estimate of drug-likeness (QED) is 0.146. The Hall–Kier alpha value is -2.35. The maximum atomic E-state index is 14.1. The minimum Gasteiger partial charge on any atom is -0.341 e. The first-order chi connectivity index (χ1) is 18.7. The number of epoxide rings is 2. The molecule has 0 aromatic heterocycles. The van der Waals surface area contributed by atoms with E-state index in [1.807, 2.05) is 24.3 Å². The van der Waals surface area contributed by atoms with Crippen molar-refractivity contribution in [3.8, 4) is 0 Å². The molecule has 2 fully saturated rings. The van der Waals surface area contributed by atoms with Gasteiger partial charge in [-0.2, -0.15) is 0 Å². The van der Waals surface area contributed by atoms with Crippen LogP contribution in [0.15, 0.2) is 97.1 Å². The van der Waals surface area contributed by atoms with Crippen molar-refractivity contribution in [3.05, 3.63) is 139 Å². The Kier molecular flexibility index (Phi) is 7.05. The lowest BCUT2D eigenvalue weighted by Crippen LogP contribution is -2.32. The summed E-state index contributed by atoms with van der Waals surface area (Å²) in [6, 6.07) is 27.3. The van der Waals surface area contributed by atoms with Gasteiger partial charge >= 0.3 is 0 Å². The highest BCUT2D eigenvalue weighted by molar-refractivity contribution is 8.03. The van der Waals surface area contributed by atoms with Gasteiger partial charge in [0.1, 0.15) is 12.2 Å². The molecule has 2 heterocycles. The number of ketones is 2. The highest BCUT2D eigenvalue weighted by atomic mass is 35.5. The van der Waals surface area contributed by atoms with Crippen LogP contribution in [0, 0.1) is 0 Å². The third-order valence-electron chi connectivity index (χ3n) is 6.66. The van der Waals surface area contributed by atoms with E-state index in [9.17, 15) is 9.59 Å². The molecule has 2 aliphatic rings. The van der Waals surface area contributed by atoms with Crippen LogP contribution < -0.4 is 0 Å². The fourth-order valence-electron chi connectivity index (χ4n) is 4.56. The smallest absolute Gasteiger partial charge is 0.211 e. The number of hydrogen-bond acceptors (Lipinski definition) is 5. The van der Waals surface area contributed by atoms with Gasteiger partial charge in [0, 0.05) is 31.2 Å². The second-order valence-electron chi connectivity index (χ2n) is 9.21. The normalized spacial score (nSPS) is 25.2. The second kappa shape index (κ2) is 10.2. The van der Waals surface area contributed by atoms with Crippen molar-refractivity contribution in [3.63, 3.8) is 0 Å². The van der Waals surface area contributed by atoms with Crippen molar-refractivity contribution in [2.75, 3.05) is 0 Å². The van der Waals surface area contributed by atoms with Crippen LogP contribution in [-0.2, 0) is 9.47 Å². The molecule has 0 amide bonds. The maximum Gasteiger partial charge on any atom is 0.211 e. The van der Waals surface area contributed by atoms with Crippen LogP contribution in [0.5, 0.6) is 0 Å². The van der Waals surface area contributed by atoms with Gasteiger partial charge in [-0.1, -0.05) is 82.4 Å². The van der Waals surface area contributed by atoms with E-state index in [0.717, 1.165) is 22.9 Å². The molecule has 0 N–H and O–H groups in total. The summed E-state index contributed by atoms with van der Waals surface area (Å²) >= 11 is 25.4. The fourth-order valence-corrected chi connectivity index (χ4v) is 6.71. The van der Waals surface area contributed by atoms with Gasteiger partial charge in [0.15, 0.2) is 0 Å². The van der Waals surface area contributed by atoms with E-state index < -0.39 is 22.1 Å². The molecule has 0 aliphatic carbocycles. The number of rotatable bonds is 8. The van der Waals surface area contributed by atoms with Crippen molar-refractivity contribution in [2.24, 2.45) is 0 Å². The molecular formula is C30H18Cl4O4S. The Balaban J connectivity index is 1.43. The van der Waals surface area contributed by atoms with E-state index in [2.05, 4.69) is 0 Å². The van der Waals surface area contributed by atoms with Crippen molar-refractivity contribution in [1.82, 2.24) is 0 Å². The van der Waals surface area contributed by atoms with Crippen LogP contribution >= 0.6 is 58.2 Å². The zero-order valence-corrected chi connectivity index (χ0v) is 23.8. The molecule has 39 heavy (non-hydrogen) atoms. The predicted octanol–water partition coefficient (Wildman–Crippen LogP) is 9.03. The van der Waals surface area contributed by atoms with Gasteiger partial charge in [0.2, 0.25) is 21.4 Å². The molecule has 4 unspecified atom stereocenters. The third-order valence-corrected chi connectivity index (χ3v) is 9.26. The van der Waals surface area contributed by atoms with Gasteiger partial charge in [0.05, 0.1) is 0 Å². The Morgan fingerprint density at radius 2 is 0.795 bits per heavy atom. The molecule has 2 saturated heterocycles. The lowest BCUT2D eigenvalue weighted by atomic mass is 10.0. The number of thioether (sulfide) groups is 1. The largest absolute Gasteiger partial charge is 0.341 e. The van der Waals surface area contributed by atoms with Crippen LogP contribution in [0.4, 0.5) is 0 Å². The average Bonchev–Trinajstić information content (AvgIpc) is 3.85. The molecule has 4 atom stereocenters. The SMILES string of the molecule is O=C(c1ccc(Cl)cc1)C1(SC2(C(=O)c3ccc(Cl)cc3)OC2c2ccc(Cl)cc2)OC1c1ccc(Cl)cc1. The first kappa shape index (κ1) is 26.9. The Bertz CT molecular complexity index is 1440. The summed E-state index contributed by atoms with van der Waals surface area (Å²) in [5.74, 6) is -0.587. The van der Waals surface area contributed by atoms with Crippen molar-refractivity contribution >= 4 is 69.7 Å². The molecule has 196 valence electrons. The summed E-state index contributed by atoms with van der Waals surface area (Å²) in [6.45, 7) is 0. The standard InChI is InChI=1S/C30H18Cl4O4S/c31-21-9-1-17(2-10-21)25(35)29(27(37-29)19-5-13-23(33)14-6-19)39-30(26(36)18-3-11-22(32)12-4-18)28(38-30)20-7-15-24(34)16-8-20/h1-16,27-28H. The van der Waals surface area contributed by atoms with Crippen molar-refractivity contribution in [1.29, 1.82) is 0 Å². The highest BCUT2D eigenvalue weighted by Gasteiger charge is 2.75. The average molecular weight is 616 g/mol. The van der Waals surface area contributed by atoms with Gasteiger partial charge in [-0.15, -0.1) is 0 Å². The molecule has 4 nitrogen and oxygen atoms in total. The molecule has 2 aliphatic heterocycles. The summed E-state index contributed by atoms with van der Waals surface area (Å²) < 4.78 is 12.4. The van der Waals surface area contributed by atoms with Gasteiger partial charge in [-0.25, -0.2) is 0 Å². The maximum absolute atomic E-state index is 14.1. The van der Waals surface area contributed by atoms with E-state index in [-0.39, 0.29) is 11.6 Å². The van der Waals surface area contributed by atoms with Crippen LogP contribution in [0.25, 0.3) is 0 Å². The fraction of sp³-hybridized carbons (Fsp3) is 0.133. The summed E-state index contributed by atoms with van der Waals surface area (Å²) in [6.07, 6.45) is -1.26. The first-order valence-electron chi connectivity index (χ1n) is 11.9. The number of hydrogen-bond donors (Lipinski definition) is 0. The van der Waals surface area contributed by atoms with E-state index in [1.165, 1.54) is 0 Å². The molecule has 0 bridgehead atoms. The molecular weight excluding hydrogens is 598 g/mol. The molecule has 0 radical (unpaired) electrons. The molecule has 0 spiro atoms. The number of ether oxygens (including phenoxy) is 2. The molecule has 0 saturated carbocycles. The number of benzene rings is 4. The lowest BCUT2D eigenvalue weighted by molar-refractivity contribution is 0.0923. The number of carbonyl (C=O) groups excluding carboxylic acids is 2. The monoisotopic (exact) mass is 614 g/mol. The van der Waals surface area contributed by atoms with Crippen LogP contribution in [0.3, 0.4) is 0 Å².